The highest BCUT2D eigenvalue weighted by atomic mass is 79.9. The number of aliphatic hydroxyl groups excluding tert-OH is 1. The number of nitrogens with zero attached hydrogens (tertiary/aromatic N) is 4. The van der Waals surface area contributed by atoms with Gasteiger partial charge in [0.2, 0.25) is 0 Å². The monoisotopic (exact) mass is 342 g/mol. The van der Waals surface area contributed by atoms with Crippen molar-refractivity contribution in [2.45, 2.75) is 19.5 Å². The zero-order valence-electron chi connectivity index (χ0n) is 11.2. The molecule has 0 aromatic carbocycles. The molecule has 7 nitrogen and oxygen atoms in total. The summed E-state index contributed by atoms with van der Waals surface area (Å²) in [6, 6.07) is 1.31. The first-order chi connectivity index (χ1) is 9.51. The molecule has 0 bridgehead atoms. The van der Waals surface area contributed by atoms with E-state index in [-0.39, 0.29) is 24.2 Å². The summed E-state index contributed by atoms with van der Waals surface area (Å²) in [6.07, 6.45) is 3.46. The van der Waals surface area contributed by atoms with Gasteiger partial charge in [0, 0.05) is 19.3 Å². The van der Waals surface area contributed by atoms with Gasteiger partial charge in [0.15, 0.2) is 11.5 Å². The van der Waals surface area contributed by atoms with Crippen LogP contribution in [0.1, 0.15) is 23.2 Å². The molecular weight excluding hydrogens is 328 g/mol. The van der Waals surface area contributed by atoms with Crippen LogP contribution in [0.25, 0.3) is 0 Å². The number of aliphatic hydroxyl groups is 1. The van der Waals surface area contributed by atoms with Crippen molar-refractivity contribution in [3.63, 3.8) is 0 Å². The van der Waals surface area contributed by atoms with Gasteiger partial charge >= 0.3 is 0 Å². The molecule has 1 amide bonds. The largest absolute Gasteiger partial charge is 0.394 e. The molecule has 1 atom stereocenters. The van der Waals surface area contributed by atoms with Crippen molar-refractivity contribution >= 4 is 21.8 Å². The average Bonchev–Trinajstić information content (AvgIpc) is 3.06. The fraction of sp³-hybridized carbons (Fsp3) is 0.417. The Kier molecular flexibility index (Phi) is 4.56. The zero-order chi connectivity index (χ0) is 14.7. The van der Waals surface area contributed by atoms with E-state index in [0.29, 0.717) is 12.3 Å². The number of carbonyl (C=O) groups is 1. The predicted molar refractivity (Wildman–Crippen MR) is 74.2 cm³/mol. The third kappa shape index (κ3) is 3.26. The summed E-state index contributed by atoms with van der Waals surface area (Å²) in [7, 11) is 1.61. The Labute approximate surface area is 124 Å². The molecular formula is C12H15BrN4O3. The summed E-state index contributed by atoms with van der Waals surface area (Å²) in [6.45, 7) is 2.04. The van der Waals surface area contributed by atoms with Crippen LogP contribution in [0.2, 0.25) is 0 Å². The lowest BCUT2D eigenvalue weighted by Crippen LogP contribution is -2.37. The Bertz CT molecular complexity index is 595. The minimum atomic E-state index is -0.289. The van der Waals surface area contributed by atoms with E-state index in [4.69, 9.17) is 9.63 Å². The maximum atomic E-state index is 12.1. The SMILES string of the molecule is CC(CO)N(C)C(=O)c1cc(Cn2cc(Br)cn2)on1. The fourth-order valence-electron chi connectivity index (χ4n) is 1.58. The normalized spacial score (nSPS) is 12.4. The van der Waals surface area contributed by atoms with Crippen LogP contribution in [0.4, 0.5) is 0 Å². The second-order valence-corrected chi connectivity index (χ2v) is 5.40. The maximum absolute atomic E-state index is 12.1. The van der Waals surface area contributed by atoms with E-state index in [1.165, 1.54) is 4.90 Å². The van der Waals surface area contributed by atoms with Crippen LogP contribution in [-0.4, -0.2) is 50.5 Å². The molecule has 2 rings (SSSR count). The second-order valence-electron chi connectivity index (χ2n) is 4.48. The lowest BCUT2D eigenvalue weighted by Gasteiger charge is -2.21. The molecule has 108 valence electrons. The molecule has 8 heteroatoms. The molecule has 20 heavy (non-hydrogen) atoms. The Morgan fingerprint density at radius 1 is 1.65 bits per heavy atom. The number of carbonyl (C=O) groups excluding carboxylic acids is 1. The third-order valence-electron chi connectivity index (χ3n) is 2.94. The summed E-state index contributed by atoms with van der Waals surface area (Å²) in [5.41, 5.74) is 0.217. The van der Waals surface area contributed by atoms with E-state index < -0.39 is 0 Å². The number of likely N-dealkylation sites (N-methyl/N-ethyl adjacent to an activating group) is 1. The summed E-state index contributed by atoms with van der Waals surface area (Å²) < 4.78 is 7.66. The first kappa shape index (κ1) is 14.7. The molecule has 2 aromatic heterocycles. The van der Waals surface area contributed by atoms with Crippen molar-refractivity contribution in [2.75, 3.05) is 13.7 Å². The van der Waals surface area contributed by atoms with E-state index >= 15 is 0 Å². The molecule has 0 aliphatic carbocycles. The fourth-order valence-corrected chi connectivity index (χ4v) is 1.90. The Balaban J connectivity index is 2.07. The van der Waals surface area contributed by atoms with Crippen molar-refractivity contribution in [1.29, 1.82) is 0 Å². The predicted octanol–water partition coefficient (Wildman–Crippen LogP) is 1.13. The molecule has 1 N–H and O–H groups in total. The molecule has 2 aromatic rings. The van der Waals surface area contributed by atoms with Crippen molar-refractivity contribution in [1.82, 2.24) is 19.8 Å². The molecule has 0 saturated carbocycles. The topological polar surface area (TPSA) is 84.4 Å². The summed E-state index contributed by atoms with van der Waals surface area (Å²) in [4.78, 5) is 13.5. The summed E-state index contributed by atoms with van der Waals surface area (Å²) in [5.74, 6) is 0.247. The van der Waals surface area contributed by atoms with Crippen molar-refractivity contribution in [3.8, 4) is 0 Å². The average molecular weight is 343 g/mol. The molecule has 0 saturated heterocycles. The van der Waals surface area contributed by atoms with Gasteiger partial charge in [-0.15, -0.1) is 0 Å². The second kappa shape index (κ2) is 6.19. The summed E-state index contributed by atoms with van der Waals surface area (Å²) in [5, 5.41) is 16.9. The highest BCUT2D eigenvalue weighted by Crippen LogP contribution is 2.11. The maximum Gasteiger partial charge on any atom is 0.276 e. The van der Waals surface area contributed by atoms with E-state index in [1.807, 2.05) is 0 Å². The van der Waals surface area contributed by atoms with Gasteiger partial charge in [0.1, 0.15) is 6.54 Å². The van der Waals surface area contributed by atoms with E-state index in [0.717, 1.165) is 4.47 Å². The number of halogens is 1. The molecule has 0 radical (unpaired) electrons. The van der Waals surface area contributed by atoms with Gasteiger partial charge in [-0.25, -0.2) is 0 Å². The Morgan fingerprint density at radius 3 is 3.00 bits per heavy atom. The van der Waals surface area contributed by atoms with Crippen LogP contribution in [0.3, 0.4) is 0 Å². The molecule has 0 spiro atoms. The minimum Gasteiger partial charge on any atom is -0.394 e. The minimum absolute atomic E-state index is 0.103. The van der Waals surface area contributed by atoms with Crippen LogP contribution >= 0.6 is 15.9 Å². The molecule has 1 unspecified atom stereocenters. The number of amides is 1. The highest BCUT2D eigenvalue weighted by Gasteiger charge is 2.20. The zero-order valence-corrected chi connectivity index (χ0v) is 12.7. The quantitative estimate of drug-likeness (QED) is 0.880. The van der Waals surface area contributed by atoms with Crippen LogP contribution < -0.4 is 0 Å². The van der Waals surface area contributed by atoms with Crippen molar-refractivity contribution < 1.29 is 14.4 Å². The lowest BCUT2D eigenvalue weighted by atomic mass is 10.2. The van der Waals surface area contributed by atoms with Crippen LogP contribution in [0.15, 0.2) is 27.5 Å². The standard InChI is InChI=1S/C12H15BrN4O3/c1-8(7-18)16(2)12(19)11-3-10(20-15-11)6-17-5-9(13)4-14-17/h3-5,8,18H,6-7H2,1-2H3. The molecule has 2 heterocycles. The first-order valence-corrected chi connectivity index (χ1v) is 6.82. The number of rotatable bonds is 5. The van der Waals surface area contributed by atoms with Gasteiger partial charge in [0.05, 0.1) is 23.3 Å². The Morgan fingerprint density at radius 2 is 2.40 bits per heavy atom. The van der Waals surface area contributed by atoms with Gasteiger partial charge < -0.3 is 14.5 Å². The molecule has 0 aliphatic heterocycles. The van der Waals surface area contributed by atoms with Gasteiger partial charge in [-0.1, -0.05) is 5.16 Å². The number of hydrogen-bond donors (Lipinski definition) is 1. The first-order valence-electron chi connectivity index (χ1n) is 6.03. The summed E-state index contributed by atoms with van der Waals surface area (Å²) >= 11 is 3.30. The third-order valence-corrected chi connectivity index (χ3v) is 3.35. The van der Waals surface area contributed by atoms with Gasteiger partial charge in [-0.3, -0.25) is 9.48 Å². The number of aromatic nitrogens is 3. The number of hydrogen-bond acceptors (Lipinski definition) is 5. The van der Waals surface area contributed by atoms with Crippen LogP contribution in [0, 0.1) is 0 Å². The van der Waals surface area contributed by atoms with Crippen molar-refractivity contribution in [3.05, 3.63) is 34.4 Å². The van der Waals surface area contributed by atoms with Crippen LogP contribution in [0.5, 0.6) is 0 Å². The van der Waals surface area contributed by atoms with Crippen LogP contribution in [-0.2, 0) is 6.54 Å². The molecule has 0 aliphatic rings. The van der Waals surface area contributed by atoms with Gasteiger partial charge in [-0.2, -0.15) is 5.10 Å². The highest BCUT2D eigenvalue weighted by molar-refractivity contribution is 9.10. The van der Waals surface area contributed by atoms with Gasteiger partial charge in [0.25, 0.3) is 5.91 Å². The lowest BCUT2D eigenvalue weighted by molar-refractivity contribution is 0.0672. The van der Waals surface area contributed by atoms with Gasteiger partial charge in [-0.05, 0) is 22.9 Å². The van der Waals surface area contributed by atoms with E-state index in [2.05, 4.69) is 26.2 Å². The molecule has 0 fully saturated rings. The van der Waals surface area contributed by atoms with E-state index in [9.17, 15) is 4.79 Å². The van der Waals surface area contributed by atoms with E-state index in [1.54, 1.807) is 37.1 Å². The van der Waals surface area contributed by atoms with Crippen molar-refractivity contribution in [2.24, 2.45) is 0 Å². The smallest absolute Gasteiger partial charge is 0.276 e. The Hall–Kier alpha value is -1.67.